The van der Waals surface area contributed by atoms with E-state index >= 15 is 0 Å². The predicted molar refractivity (Wildman–Crippen MR) is 117 cm³/mol. The Hall–Kier alpha value is 0.0887. The van der Waals surface area contributed by atoms with E-state index in [0.29, 0.717) is 0 Å². The summed E-state index contributed by atoms with van der Waals surface area (Å²) in [6.45, 7) is 12.2. The Balaban J connectivity index is 0.000000350. The second-order valence-electron chi connectivity index (χ2n) is 7.21. The third-order valence-electron chi connectivity index (χ3n) is 5.04. The van der Waals surface area contributed by atoms with Crippen LogP contribution in [0.2, 0.25) is 13.3 Å². The molecule has 1 saturated heterocycles. The van der Waals surface area contributed by atoms with E-state index in [1.54, 1.807) is 11.3 Å². The van der Waals surface area contributed by atoms with Gasteiger partial charge in [0.1, 0.15) is 0 Å². The maximum absolute atomic E-state index is 5.98. The van der Waals surface area contributed by atoms with Gasteiger partial charge >= 0.3 is 118 Å². The molecule has 1 aromatic heterocycles. The van der Waals surface area contributed by atoms with Crippen LogP contribution in [0.15, 0.2) is 24.4 Å². The van der Waals surface area contributed by atoms with Crippen molar-refractivity contribution in [3.8, 4) is 0 Å². The van der Waals surface area contributed by atoms with Gasteiger partial charge in [0.25, 0.3) is 0 Å². The molecule has 0 bridgehead atoms. The molecule has 0 spiro atoms. The summed E-state index contributed by atoms with van der Waals surface area (Å²) < 4.78 is 16.7. The molecule has 0 N–H and O–H groups in total. The molecule has 2 heterocycles. The van der Waals surface area contributed by atoms with Crippen molar-refractivity contribution in [2.45, 2.75) is 83.3 Å². The number of hydrogen-bond acceptors (Lipinski definition) is 4. The molecule has 0 radical (unpaired) electrons. The molecule has 1 aliphatic heterocycles. The topological polar surface area (TPSA) is 31.4 Å². The Morgan fingerprint density at radius 1 is 1.08 bits per heavy atom. The van der Waals surface area contributed by atoms with Gasteiger partial charge in [0.2, 0.25) is 0 Å². The van der Waals surface area contributed by atoms with Crippen LogP contribution in [0.25, 0.3) is 0 Å². The second-order valence-corrected chi connectivity index (χ2v) is 21.6. The van der Waals surface area contributed by atoms with Crippen LogP contribution in [0.4, 0.5) is 0 Å². The predicted octanol–water partition coefficient (Wildman–Crippen LogP) is 6.62. The summed E-state index contributed by atoms with van der Waals surface area (Å²) in [6, 6.07) is 0. The van der Waals surface area contributed by atoms with Crippen LogP contribution >= 0.6 is 11.3 Å². The van der Waals surface area contributed by atoms with Crippen molar-refractivity contribution in [2.24, 2.45) is 0 Å². The van der Waals surface area contributed by atoms with Gasteiger partial charge in [0.15, 0.2) is 0 Å². The first-order valence-electron chi connectivity index (χ1n) is 10.4. The summed E-state index contributed by atoms with van der Waals surface area (Å²) in [6.07, 6.45) is 12.9. The summed E-state index contributed by atoms with van der Waals surface area (Å²) in [5.74, 6) is 0. The molecule has 0 atom stereocenters. The number of allylic oxidation sites excluding steroid dienone is 1. The van der Waals surface area contributed by atoms with Crippen LogP contribution in [-0.2, 0) is 15.9 Å². The van der Waals surface area contributed by atoms with Crippen LogP contribution in [0, 0.1) is 0 Å². The molecule has 3 nitrogen and oxygen atoms in total. The van der Waals surface area contributed by atoms with Crippen molar-refractivity contribution >= 4 is 29.7 Å². The molecular formula is C21H39NO2SSn. The minimum absolute atomic E-state index is 0.281. The van der Waals surface area contributed by atoms with Gasteiger partial charge in [-0.15, -0.1) is 17.9 Å². The van der Waals surface area contributed by atoms with Gasteiger partial charge in [0, 0.05) is 17.5 Å². The van der Waals surface area contributed by atoms with Gasteiger partial charge in [-0.1, -0.05) is 6.08 Å². The molecule has 26 heavy (non-hydrogen) atoms. The van der Waals surface area contributed by atoms with Gasteiger partial charge in [-0.2, -0.15) is 0 Å². The zero-order valence-corrected chi connectivity index (χ0v) is 20.8. The molecule has 0 aliphatic carbocycles. The number of nitrogens with zero attached hydrogens (tertiary/aromatic N) is 1. The quantitative estimate of drug-likeness (QED) is 0.245. The second kappa shape index (κ2) is 15.1. The zero-order valence-electron chi connectivity index (χ0n) is 17.2. The molecule has 1 aliphatic rings. The van der Waals surface area contributed by atoms with Gasteiger partial charge in [-0.05, 0) is 0 Å². The van der Waals surface area contributed by atoms with Crippen molar-refractivity contribution in [3.63, 3.8) is 0 Å². The fourth-order valence-electron chi connectivity index (χ4n) is 3.51. The molecule has 0 aromatic carbocycles. The number of unbranched alkanes of at least 4 members (excludes halogenated alkanes) is 3. The molecule has 150 valence electrons. The summed E-state index contributed by atoms with van der Waals surface area (Å²) >= 11 is -0.555. The van der Waals surface area contributed by atoms with Crippen molar-refractivity contribution in [1.82, 2.24) is 4.98 Å². The van der Waals surface area contributed by atoms with E-state index in [9.17, 15) is 0 Å². The average Bonchev–Trinajstić information content (AvgIpc) is 3.37. The molecule has 0 unspecified atom stereocenters. The van der Waals surface area contributed by atoms with Gasteiger partial charge in [-0.3, -0.25) is 4.98 Å². The molecule has 1 fully saturated rings. The Labute approximate surface area is 169 Å². The maximum atomic E-state index is 5.98. The summed E-state index contributed by atoms with van der Waals surface area (Å²) in [5, 5.41) is 0. The van der Waals surface area contributed by atoms with Crippen LogP contribution < -0.4 is 0 Å². The average molecular weight is 488 g/mol. The van der Waals surface area contributed by atoms with E-state index in [2.05, 4.69) is 32.3 Å². The molecule has 1 aromatic rings. The number of ether oxygens (including phenoxy) is 2. The first-order valence-corrected chi connectivity index (χ1v) is 19.0. The van der Waals surface area contributed by atoms with E-state index in [0.717, 1.165) is 19.6 Å². The van der Waals surface area contributed by atoms with Crippen LogP contribution in [0.5, 0.6) is 0 Å². The molecule has 0 saturated carbocycles. The Kier molecular flexibility index (Phi) is 14.0. The summed E-state index contributed by atoms with van der Waals surface area (Å²) in [7, 11) is 0. The third kappa shape index (κ3) is 8.85. The first-order chi connectivity index (χ1) is 12.7. The van der Waals surface area contributed by atoms with E-state index in [4.69, 9.17) is 9.47 Å². The number of hydrogen-bond donors (Lipinski definition) is 0. The summed E-state index contributed by atoms with van der Waals surface area (Å²) in [4.78, 5) is 5.19. The monoisotopic (exact) mass is 489 g/mol. The third-order valence-corrected chi connectivity index (χ3v) is 21.2. The molecular weight excluding hydrogens is 449 g/mol. The van der Waals surface area contributed by atoms with Crippen molar-refractivity contribution in [2.75, 3.05) is 13.2 Å². The Morgan fingerprint density at radius 2 is 1.62 bits per heavy atom. The van der Waals surface area contributed by atoms with Gasteiger partial charge in [-0.25, -0.2) is 0 Å². The fraction of sp³-hybridized carbons (Fsp3) is 0.762. The van der Waals surface area contributed by atoms with E-state index < -0.39 is 18.4 Å². The molecule has 5 heteroatoms. The van der Waals surface area contributed by atoms with Gasteiger partial charge < -0.3 is 0 Å². The molecule has 0 amide bonds. The van der Waals surface area contributed by atoms with Gasteiger partial charge in [0.05, 0.1) is 5.51 Å². The Bertz CT molecular complexity index is 425. The van der Waals surface area contributed by atoms with Crippen molar-refractivity contribution < 1.29 is 9.47 Å². The summed E-state index contributed by atoms with van der Waals surface area (Å²) in [5.41, 5.74) is 1.83. The van der Waals surface area contributed by atoms with Crippen molar-refractivity contribution in [3.05, 3.63) is 29.2 Å². The zero-order chi connectivity index (χ0) is 19.1. The SMILES string of the molecule is C=CCc1cncs1.CCC[CH2][Sn]([CH2]CCC)([CH2]CCC)[CH]1OCCO1. The number of aromatic nitrogens is 1. The van der Waals surface area contributed by atoms with Crippen LogP contribution in [-0.4, -0.2) is 40.9 Å². The van der Waals surface area contributed by atoms with Crippen LogP contribution in [0.1, 0.15) is 64.2 Å². The number of thiazole rings is 1. The minimum atomic E-state index is -2.22. The first kappa shape index (κ1) is 24.1. The van der Waals surface area contributed by atoms with Crippen molar-refractivity contribution in [1.29, 1.82) is 0 Å². The van der Waals surface area contributed by atoms with Crippen LogP contribution in [0.3, 0.4) is 0 Å². The normalized spacial score (nSPS) is 14.9. The van der Waals surface area contributed by atoms with E-state index in [1.165, 1.54) is 56.7 Å². The fourth-order valence-corrected chi connectivity index (χ4v) is 20.0. The molecule has 2 rings (SSSR count). The standard InChI is InChI=1S/C6H7NS.3C4H9.C3H5O2.Sn/c1-2-3-6-4-7-5-8-6;3*1-3-4-2;1-2-5-3-4-1;/h2,4-5H,1,3H2;3*1,3-4H2,2H3;3H,1-2H2;. The number of rotatable bonds is 12. The van der Waals surface area contributed by atoms with E-state index in [-0.39, 0.29) is 4.31 Å². The van der Waals surface area contributed by atoms with E-state index in [1.807, 2.05) is 17.8 Å². The Morgan fingerprint density at radius 3 is 2.00 bits per heavy atom.